The van der Waals surface area contributed by atoms with Crippen LogP contribution in [-0.2, 0) is 17.8 Å². The molecule has 2 rings (SSSR count). The van der Waals surface area contributed by atoms with Crippen molar-refractivity contribution in [3.05, 3.63) is 21.9 Å². The molecule has 2 N–H and O–H groups in total. The quantitative estimate of drug-likeness (QED) is 0.433. The van der Waals surface area contributed by atoms with Gasteiger partial charge in [-0.1, -0.05) is 6.92 Å². The number of carbonyl (C=O) groups excluding carboxylic acids is 1. The Kier molecular flexibility index (Phi) is 8.16. The summed E-state index contributed by atoms with van der Waals surface area (Å²) in [6.07, 6.45) is 1.99. The zero-order valence-electron chi connectivity index (χ0n) is 13.4. The number of thiophene rings is 1. The van der Waals surface area contributed by atoms with Crippen molar-refractivity contribution >= 4 is 47.2 Å². The Morgan fingerprint density at radius 1 is 1.55 bits per heavy atom. The second kappa shape index (κ2) is 9.34. The van der Waals surface area contributed by atoms with Gasteiger partial charge in [0.25, 0.3) is 0 Å². The van der Waals surface area contributed by atoms with Crippen molar-refractivity contribution in [3.63, 3.8) is 0 Å². The summed E-state index contributed by atoms with van der Waals surface area (Å²) in [7, 11) is 1.72. The summed E-state index contributed by atoms with van der Waals surface area (Å²) in [5, 5.41) is 8.46. The summed E-state index contributed by atoms with van der Waals surface area (Å²) >= 11 is 1.79. The van der Waals surface area contributed by atoms with Gasteiger partial charge in [0.2, 0.25) is 5.91 Å². The highest BCUT2D eigenvalue weighted by Gasteiger charge is 2.21. The number of rotatable bonds is 4. The molecule has 1 aromatic heterocycles. The summed E-state index contributed by atoms with van der Waals surface area (Å²) < 4.78 is 0. The van der Waals surface area contributed by atoms with Gasteiger partial charge in [-0.2, -0.15) is 0 Å². The molecule has 124 valence electrons. The van der Waals surface area contributed by atoms with Gasteiger partial charge in [0.15, 0.2) is 5.96 Å². The third-order valence-corrected chi connectivity index (χ3v) is 4.81. The lowest BCUT2D eigenvalue weighted by atomic mass is 10.1. The number of guanidine groups is 1. The van der Waals surface area contributed by atoms with Gasteiger partial charge in [-0.05, 0) is 36.8 Å². The van der Waals surface area contributed by atoms with Crippen LogP contribution in [0.5, 0.6) is 0 Å². The molecule has 0 spiro atoms. The first kappa shape index (κ1) is 19.2. The molecular formula is C15H25IN4OS. The van der Waals surface area contributed by atoms with Crippen LogP contribution in [0.25, 0.3) is 0 Å². The van der Waals surface area contributed by atoms with E-state index < -0.39 is 0 Å². The van der Waals surface area contributed by atoms with Gasteiger partial charge in [0.1, 0.15) is 0 Å². The van der Waals surface area contributed by atoms with Crippen LogP contribution in [-0.4, -0.2) is 42.9 Å². The average molecular weight is 436 g/mol. The third kappa shape index (κ3) is 5.12. The molecule has 1 unspecified atom stereocenters. The molecule has 1 aromatic rings. The van der Waals surface area contributed by atoms with Crippen LogP contribution in [0.15, 0.2) is 16.4 Å². The highest BCUT2D eigenvalue weighted by molar-refractivity contribution is 14.0. The lowest BCUT2D eigenvalue weighted by molar-refractivity contribution is -0.130. The van der Waals surface area contributed by atoms with Crippen LogP contribution >= 0.6 is 35.3 Å². The van der Waals surface area contributed by atoms with Crippen molar-refractivity contribution in [2.75, 3.05) is 20.1 Å². The number of fused-ring (bicyclic) bond motifs is 1. The Morgan fingerprint density at radius 2 is 2.32 bits per heavy atom. The standard InChI is InChI=1S/C15H24N4OS.HI/c1-4-11(2)18-15(16-3)17-9-14(20)19-7-5-13-12(10-19)6-8-21-13;/h6,8,11H,4-5,7,9-10H2,1-3H3,(H2,16,17,18);1H. The first-order valence-corrected chi connectivity index (χ1v) is 8.32. The van der Waals surface area contributed by atoms with Crippen molar-refractivity contribution < 1.29 is 4.79 Å². The van der Waals surface area contributed by atoms with E-state index in [-0.39, 0.29) is 36.4 Å². The van der Waals surface area contributed by atoms with Crippen molar-refractivity contribution in [2.24, 2.45) is 4.99 Å². The van der Waals surface area contributed by atoms with Gasteiger partial charge in [-0.25, -0.2) is 0 Å². The molecule has 0 bridgehead atoms. The van der Waals surface area contributed by atoms with Gasteiger partial charge in [-0.15, -0.1) is 35.3 Å². The van der Waals surface area contributed by atoms with E-state index in [0.29, 0.717) is 12.0 Å². The first-order chi connectivity index (χ1) is 10.1. The molecule has 0 saturated carbocycles. The van der Waals surface area contributed by atoms with Gasteiger partial charge < -0.3 is 15.5 Å². The topological polar surface area (TPSA) is 56.7 Å². The van der Waals surface area contributed by atoms with Crippen LogP contribution in [0.4, 0.5) is 0 Å². The maximum Gasteiger partial charge on any atom is 0.242 e. The van der Waals surface area contributed by atoms with Gasteiger partial charge in [-0.3, -0.25) is 9.79 Å². The molecule has 1 aliphatic rings. The molecule has 1 amide bonds. The molecule has 1 aliphatic heterocycles. The van der Waals surface area contributed by atoms with Crippen molar-refractivity contribution in [3.8, 4) is 0 Å². The van der Waals surface area contributed by atoms with E-state index in [0.717, 1.165) is 25.9 Å². The van der Waals surface area contributed by atoms with Crippen LogP contribution < -0.4 is 10.6 Å². The zero-order valence-corrected chi connectivity index (χ0v) is 16.5. The SMILES string of the molecule is CCC(C)NC(=NC)NCC(=O)N1CCc2sccc2C1.I. The Balaban J connectivity index is 0.00000242. The minimum absolute atomic E-state index is 0. The maximum atomic E-state index is 12.3. The van der Waals surface area contributed by atoms with Crippen LogP contribution in [0.3, 0.4) is 0 Å². The number of carbonyl (C=O) groups is 1. The number of hydrogen-bond donors (Lipinski definition) is 2. The largest absolute Gasteiger partial charge is 0.354 e. The normalized spacial score (nSPS) is 15.6. The fraction of sp³-hybridized carbons (Fsp3) is 0.600. The maximum absolute atomic E-state index is 12.3. The van der Waals surface area contributed by atoms with Gasteiger partial charge in [0, 0.05) is 31.1 Å². The summed E-state index contributed by atoms with van der Waals surface area (Å²) in [5.74, 6) is 0.810. The van der Waals surface area contributed by atoms with E-state index in [1.54, 1.807) is 18.4 Å². The lowest BCUT2D eigenvalue weighted by Gasteiger charge is -2.27. The van der Waals surface area contributed by atoms with Gasteiger partial charge in [0.05, 0.1) is 6.54 Å². The second-order valence-corrected chi connectivity index (χ2v) is 6.31. The minimum atomic E-state index is 0. The smallest absolute Gasteiger partial charge is 0.242 e. The third-order valence-electron chi connectivity index (χ3n) is 3.79. The number of nitrogens with one attached hydrogen (secondary N) is 2. The molecule has 0 aromatic carbocycles. The van der Waals surface area contributed by atoms with E-state index in [4.69, 9.17) is 0 Å². The minimum Gasteiger partial charge on any atom is -0.354 e. The number of halogens is 1. The van der Waals surface area contributed by atoms with E-state index in [2.05, 4.69) is 40.9 Å². The molecule has 0 fully saturated rings. The van der Waals surface area contributed by atoms with E-state index in [9.17, 15) is 4.79 Å². The Morgan fingerprint density at radius 3 is 3.00 bits per heavy atom. The number of aliphatic imine (C=N–C) groups is 1. The summed E-state index contributed by atoms with van der Waals surface area (Å²) in [4.78, 5) is 19.8. The van der Waals surface area contributed by atoms with Crippen molar-refractivity contribution in [2.45, 2.75) is 39.3 Å². The van der Waals surface area contributed by atoms with E-state index in [1.807, 2.05) is 4.90 Å². The predicted molar refractivity (Wildman–Crippen MR) is 103 cm³/mol. The monoisotopic (exact) mass is 436 g/mol. The molecule has 22 heavy (non-hydrogen) atoms. The molecule has 5 nitrogen and oxygen atoms in total. The Hall–Kier alpha value is -0.830. The van der Waals surface area contributed by atoms with E-state index in [1.165, 1.54) is 10.4 Å². The molecule has 0 saturated heterocycles. The number of nitrogens with zero attached hydrogens (tertiary/aromatic N) is 2. The highest BCUT2D eigenvalue weighted by Crippen LogP contribution is 2.23. The fourth-order valence-electron chi connectivity index (χ4n) is 2.26. The number of hydrogen-bond acceptors (Lipinski definition) is 3. The van der Waals surface area contributed by atoms with E-state index >= 15 is 0 Å². The highest BCUT2D eigenvalue weighted by atomic mass is 127. The molecule has 0 aliphatic carbocycles. The molecule has 7 heteroatoms. The summed E-state index contributed by atoms with van der Waals surface area (Å²) in [6.45, 7) is 6.04. The zero-order chi connectivity index (χ0) is 15.2. The summed E-state index contributed by atoms with van der Waals surface area (Å²) in [6, 6.07) is 2.46. The van der Waals surface area contributed by atoms with Crippen molar-refractivity contribution in [1.82, 2.24) is 15.5 Å². The Labute approximate surface area is 153 Å². The van der Waals surface area contributed by atoms with Crippen LogP contribution in [0.1, 0.15) is 30.7 Å². The van der Waals surface area contributed by atoms with Crippen LogP contribution in [0, 0.1) is 0 Å². The number of amides is 1. The molecular weight excluding hydrogens is 411 g/mol. The second-order valence-electron chi connectivity index (χ2n) is 5.31. The predicted octanol–water partition coefficient (Wildman–Crippen LogP) is 2.21. The molecule has 2 heterocycles. The Bertz CT molecular complexity index is 517. The first-order valence-electron chi connectivity index (χ1n) is 7.44. The van der Waals surface area contributed by atoms with Crippen LogP contribution in [0.2, 0.25) is 0 Å². The lowest BCUT2D eigenvalue weighted by Crippen LogP contribution is -2.47. The fourth-order valence-corrected chi connectivity index (χ4v) is 3.15. The average Bonchev–Trinajstić information content (AvgIpc) is 2.98. The van der Waals surface area contributed by atoms with Gasteiger partial charge >= 0.3 is 0 Å². The van der Waals surface area contributed by atoms with Crippen molar-refractivity contribution in [1.29, 1.82) is 0 Å². The summed E-state index contributed by atoms with van der Waals surface area (Å²) in [5.41, 5.74) is 1.29. The molecule has 1 atom stereocenters. The molecule has 0 radical (unpaired) electrons.